The topological polar surface area (TPSA) is 38.9 Å². The van der Waals surface area contributed by atoms with E-state index in [0.29, 0.717) is 0 Å². The minimum absolute atomic E-state index is 0.0197. The zero-order valence-electron chi connectivity index (χ0n) is 6.40. The predicted molar refractivity (Wildman–Crippen MR) is 49.9 cm³/mol. The van der Waals surface area contributed by atoms with Crippen LogP contribution in [0.25, 0.3) is 0 Å². The summed E-state index contributed by atoms with van der Waals surface area (Å²) in [5.74, 6) is -3.08. The fourth-order valence-corrected chi connectivity index (χ4v) is 1.47. The largest absolute Gasteiger partial charge is 0.325 e. The Hall–Kier alpha value is -0.260. The Balaban J connectivity index is 3.20. The van der Waals surface area contributed by atoms with Gasteiger partial charge >= 0.3 is 0 Å². The zero-order valence-corrected chi connectivity index (χ0v) is 8.74. The van der Waals surface area contributed by atoms with Crippen LogP contribution in [0.3, 0.4) is 0 Å². The van der Waals surface area contributed by atoms with Crippen molar-refractivity contribution in [1.29, 1.82) is 0 Å². The van der Waals surface area contributed by atoms with Crippen molar-refractivity contribution >= 4 is 27.5 Å². The first-order valence-electron chi connectivity index (χ1n) is 3.37. The van der Waals surface area contributed by atoms with E-state index in [9.17, 15) is 8.78 Å². The fourth-order valence-electron chi connectivity index (χ4n) is 0.803. The molecule has 0 saturated heterocycles. The van der Waals surface area contributed by atoms with Crippen LogP contribution in [0.4, 0.5) is 8.78 Å². The Morgan fingerprint density at radius 2 is 2.23 bits per heavy atom. The summed E-state index contributed by atoms with van der Waals surface area (Å²) in [6.45, 7) is -0.758. The minimum Gasteiger partial charge on any atom is -0.325 e. The van der Waals surface area contributed by atoms with Gasteiger partial charge in [0.15, 0.2) is 0 Å². The Morgan fingerprint density at radius 1 is 1.62 bits per heavy atom. The molecule has 1 rings (SSSR count). The monoisotopic (exact) mass is 270 g/mol. The highest BCUT2D eigenvalue weighted by atomic mass is 79.9. The van der Waals surface area contributed by atoms with Gasteiger partial charge in [0, 0.05) is 16.2 Å². The lowest BCUT2D eigenvalue weighted by Crippen LogP contribution is -2.25. The second-order valence-electron chi connectivity index (χ2n) is 2.40. The molecule has 72 valence electrons. The summed E-state index contributed by atoms with van der Waals surface area (Å²) in [5.41, 5.74) is 4.68. The van der Waals surface area contributed by atoms with E-state index in [1.165, 1.54) is 6.20 Å². The summed E-state index contributed by atoms with van der Waals surface area (Å²) in [7, 11) is 0. The van der Waals surface area contributed by atoms with Crippen molar-refractivity contribution < 1.29 is 8.78 Å². The molecule has 1 aromatic rings. The third-order valence-corrected chi connectivity index (χ3v) is 2.31. The number of nitrogens with two attached hydrogens (primary N) is 1. The maximum Gasteiger partial charge on any atom is 0.286 e. The molecule has 0 aromatic carbocycles. The molecule has 0 aliphatic carbocycles. The summed E-state index contributed by atoms with van der Waals surface area (Å²) >= 11 is 8.42. The zero-order chi connectivity index (χ0) is 10.1. The van der Waals surface area contributed by atoms with Crippen LogP contribution >= 0.6 is 27.5 Å². The number of halogens is 4. The van der Waals surface area contributed by atoms with Crippen LogP contribution in [0.15, 0.2) is 16.7 Å². The first kappa shape index (κ1) is 10.8. The van der Waals surface area contributed by atoms with Gasteiger partial charge in [0.2, 0.25) is 0 Å². The van der Waals surface area contributed by atoms with E-state index in [4.69, 9.17) is 17.3 Å². The summed E-state index contributed by atoms with van der Waals surface area (Å²) < 4.78 is 26.4. The Bertz CT molecular complexity index is 319. The molecular weight excluding hydrogens is 265 g/mol. The van der Waals surface area contributed by atoms with Crippen LogP contribution < -0.4 is 5.73 Å². The third-order valence-electron chi connectivity index (χ3n) is 1.47. The van der Waals surface area contributed by atoms with Gasteiger partial charge in [-0.25, -0.2) is 4.98 Å². The summed E-state index contributed by atoms with van der Waals surface area (Å²) in [6.07, 6.45) is 1.22. The molecule has 0 amide bonds. The summed E-state index contributed by atoms with van der Waals surface area (Å²) in [6, 6.07) is 1.10. The molecule has 1 aromatic heterocycles. The van der Waals surface area contributed by atoms with Crippen molar-refractivity contribution in [2.24, 2.45) is 5.73 Å². The molecule has 0 bridgehead atoms. The van der Waals surface area contributed by atoms with Crippen LogP contribution in [-0.2, 0) is 5.92 Å². The van der Waals surface area contributed by atoms with E-state index in [2.05, 4.69) is 20.9 Å². The van der Waals surface area contributed by atoms with Crippen molar-refractivity contribution in [1.82, 2.24) is 4.98 Å². The van der Waals surface area contributed by atoms with Crippen LogP contribution in [-0.4, -0.2) is 11.5 Å². The van der Waals surface area contributed by atoms with Crippen LogP contribution in [0.5, 0.6) is 0 Å². The predicted octanol–water partition coefficient (Wildman–Crippen LogP) is 2.55. The van der Waals surface area contributed by atoms with Crippen molar-refractivity contribution in [2.45, 2.75) is 5.92 Å². The molecule has 0 atom stereocenters. The average Bonchev–Trinajstić information content (AvgIpc) is 2.09. The minimum atomic E-state index is -3.08. The van der Waals surface area contributed by atoms with E-state index in [1.807, 2.05) is 0 Å². The van der Waals surface area contributed by atoms with Crippen LogP contribution in [0.1, 0.15) is 5.56 Å². The number of rotatable bonds is 2. The van der Waals surface area contributed by atoms with Crippen LogP contribution in [0, 0.1) is 0 Å². The molecule has 2 N–H and O–H groups in total. The first-order chi connectivity index (χ1) is 5.97. The molecule has 0 aliphatic heterocycles. The molecule has 2 nitrogen and oxygen atoms in total. The quantitative estimate of drug-likeness (QED) is 0.840. The standard InChI is InChI=1S/C7H6BrClF2N2/c8-5-2-13-6(9)1-4(5)7(10,11)3-12/h1-2H,3,12H2. The van der Waals surface area contributed by atoms with Crippen molar-refractivity contribution in [3.05, 3.63) is 27.5 Å². The van der Waals surface area contributed by atoms with E-state index < -0.39 is 12.5 Å². The van der Waals surface area contributed by atoms with Gasteiger partial charge in [0.05, 0.1) is 6.54 Å². The lowest BCUT2D eigenvalue weighted by Gasteiger charge is -2.15. The maximum absolute atomic E-state index is 13.1. The highest BCUT2D eigenvalue weighted by molar-refractivity contribution is 9.10. The number of hydrogen-bond acceptors (Lipinski definition) is 2. The van der Waals surface area contributed by atoms with Crippen molar-refractivity contribution in [3.8, 4) is 0 Å². The van der Waals surface area contributed by atoms with Gasteiger partial charge in [-0.3, -0.25) is 0 Å². The van der Waals surface area contributed by atoms with Gasteiger partial charge in [-0.05, 0) is 22.0 Å². The van der Waals surface area contributed by atoms with Gasteiger partial charge in [-0.15, -0.1) is 0 Å². The van der Waals surface area contributed by atoms with Gasteiger partial charge < -0.3 is 5.73 Å². The maximum atomic E-state index is 13.1. The van der Waals surface area contributed by atoms with E-state index >= 15 is 0 Å². The number of pyridine rings is 1. The molecule has 0 radical (unpaired) electrons. The van der Waals surface area contributed by atoms with E-state index in [-0.39, 0.29) is 15.2 Å². The smallest absolute Gasteiger partial charge is 0.286 e. The highest BCUT2D eigenvalue weighted by Gasteiger charge is 2.32. The van der Waals surface area contributed by atoms with Crippen LogP contribution in [0.2, 0.25) is 5.15 Å². The molecule has 0 fully saturated rings. The number of aromatic nitrogens is 1. The Morgan fingerprint density at radius 3 is 2.77 bits per heavy atom. The normalized spacial score (nSPS) is 11.8. The van der Waals surface area contributed by atoms with Gasteiger partial charge in [-0.2, -0.15) is 8.78 Å². The molecule has 0 spiro atoms. The fraction of sp³-hybridized carbons (Fsp3) is 0.286. The molecule has 0 unspecified atom stereocenters. The molecule has 13 heavy (non-hydrogen) atoms. The third kappa shape index (κ3) is 2.36. The van der Waals surface area contributed by atoms with Crippen molar-refractivity contribution in [2.75, 3.05) is 6.54 Å². The lowest BCUT2D eigenvalue weighted by atomic mass is 10.1. The SMILES string of the molecule is NCC(F)(F)c1cc(Cl)ncc1Br. The highest BCUT2D eigenvalue weighted by Crippen LogP contribution is 2.33. The molecule has 0 aliphatic rings. The summed E-state index contributed by atoms with van der Waals surface area (Å²) in [4.78, 5) is 3.63. The first-order valence-corrected chi connectivity index (χ1v) is 4.54. The molecular formula is C7H6BrClF2N2. The molecule has 6 heteroatoms. The summed E-state index contributed by atoms with van der Waals surface area (Å²) in [5, 5.41) is 0.0197. The lowest BCUT2D eigenvalue weighted by molar-refractivity contribution is 0.00511. The number of hydrogen-bond donors (Lipinski definition) is 1. The Kier molecular flexibility index (Phi) is 3.21. The molecule has 1 heterocycles. The van der Waals surface area contributed by atoms with Gasteiger partial charge in [0.1, 0.15) is 5.15 Å². The van der Waals surface area contributed by atoms with E-state index in [1.54, 1.807) is 0 Å². The molecule has 0 saturated carbocycles. The van der Waals surface area contributed by atoms with Gasteiger partial charge in [-0.1, -0.05) is 11.6 Å². The average molecular weight is 271 g/mol. The Labute approximate surface area is 87.2 Å². The van der Waals surface area contributed by atoms with Gasteiger partial charge in [0.25, 0.3) is 5.92 Å². The number of nitrogens with zero attached hydrogens (tertiary/aromatic N) is 1. The van der Waals surface area contributed by atoms with E-state index in [0.717, 1.165) is 6.07 Å². The number of alkyl halides is 2. The second kappa shape index (κ2) is 3.86. The van der Waals surface area contributed by atoms with Crippen molar-refractivity contribution in [3.63, 3.8) is 0 Å². The second-order valence-corrected chi connectivity index (χ2v) is 3.64.